The van der Waals surface area contributed by atoms with Crippen LogP contribution in [-0.2, 0) is 19.7 Å². The normalized spacial score (nSPS) is 25.6. The molecule has 1 fully saturated rings. The van der Waals surface area contributed by atoms with Gasteiger partial charge in [0.2, 0.25) is 0 Å². The van der Waals surface area contributed by atoms with Crippen molar-refractivity contribution in [2.45, 2.75) is 64.0 Å². The minimum atomic E-state index is -0.570. The summed E-state index contributed by atoms with van der Waals surface area (Å²) in [5.41, 5.74) is 2.66. The van der Waals surface area contributed by atoms with Crippen LogP contribution in [-0.4, -0.2) is 36.9 Å². The van der Waals surface area contributed by atoms with Crippen LogP contribution in [0.1, 0.15) is 52.5 Å². The number of anilines is 1. The average molecular weight is 384 g/mol. The largest absolute Gasteiger partial charge is 0.463 e. The first-order chi connectivity index (χ1) is 13.3. The number of hydrogen-bond acceptors (Lipinski definition) is 5. The number of nitrogens with zero attached hydrogens (tertiary/aromatic N) is 1. The van der Waals surface area contributed by atoms with Gasteiger partial charge in [-0.3, -0.25) is 4.90 Å². The number of benzene rings is 1. The monoisotopic (exact) mass is 384 g/mol. The Morgan fingerprint density at radius 1 is 1.29 bits per heavy atom. The second-order valence-corrected chi connectivity index (χ2v) is 8.64. The number of para-hydroxylation sites is 1. The summed E-state index contributed by atoms with van der Waals surface area (Å²) in [6.45, 7) is 8.58. The predicted molar refractivity (Wildman–Crippen MR) is 106 cm³/mol. The van der Waals surface area contributed by atoms with Gasteiger partial charge < -0.3 is 14.8 Å². The Bertz CT molecular complexity index is 854. The third-order valence-electron chi connectivity index (χ3n) is 5.87. The van der Waals surface area contributed by atoms with Gasteiger partial charge in [0.15, 0.2) is 0 Å². The summed E-state index contributed by atoms with van der Waals surface area (Å²) in [6, 6.07) is 7.93. The number of amides is 1. The van der Waals surface area contributed by atoms with Crippen molar-refractivity contribution in [3.8, 4) is 0 Å². The Morgan fingerprint density at radius 3 is 2.75 bits per heavy atom. The van der Waals surface area contributed by atoms with Crippen LogP contribution >= 0.6 is 0 Å². The summed E-state index contributed by atoms with van der Waals surface area (Å²) in [7, 11) is 0. The highest BCUT2D eigenvalue weighted by Crippen LogP contribution is 2.57. The van der Waals surface area contributed by atoms with E-state index >= 15 is 0 Å². The predicted octanol–water partition coefficient (Wildman–Crippen LogP) is 3.65. The molecule has 0 aromatic heterocycles. The van der Waals surface area contributed by atoms with Crippen molar-refractivity contribution >= 4 is 17.7 Å². The number of rotatable bonds is 2. The molecule has 1 N–H and O–H groups in total. The number of esters is 1. The van der Waals surface area contributed by atoms with Gasteiger partial charge in [-0.25, -0.2) is 9.59 Å². The molecule has 2 heterocycles. The summed E-state index contributed by atoms with van der Waals surface area (Å²) in [5.74, 6) is -0.252. The van der Waals surface area contributed by atoms with E-state index in [1.807, 2.05) is 50.8 Å². The molecule has 1 spiro atoms. The van der Waals surface area contributed by atoms with E-state index in [0.29, 0.717) is 19.4 Å². The van der Waals surface area contributed by atoms with E-state index in [-0.39, 0.29) is 18.1 Å². The molecule has 0 saturated carbocycles. The molecule has 1 aromatic carbocycles. The number of fused-ring (bicyclic) bond motifs is 1. The zero-order valence-electron chi connectivity index (χ0n) is 17.0. The fourth-order valence-electron chi connectivity index (χ4n) is 5.02. The van der Waals surface area contributed by atoms with Crippen LogP contribution in [0.25, 0.3) is 0 Å². The van der Waals surface area contributed by atoms with Gasteiger partial charge in [0.25, 0.3) is 0 Å². The zero-order chi connectivity index (χ0) is 20.1. The molecule has 3 aliphatic rings. The third-order valence-corrected chi connectivity index (χ3v) is 5.87. The van der Waals surface area contributed by atoms with Crippen molar-refractivity contribution in [1.29, 1.82) is 0 Å². The molecular weight excluding hydrogens is 356 g/mol. The molecule has 150 valence electrons. The topological polar surface area (TPSA) is 67.9 Å². The van der Waals surface area contributed by atoms with E-state index in [1.165, 1.54) is 0 Å². The van der Waals surface area contributed by atoms with Gasteiger partial charge >= 0.3 is 12.1 Å². The first-order valence-corrected chi connectivity index (χ1v) is 10.1. The van der Waals surface area contributed by atoms with Crippen molar-refractivity contribution in [1.82, 2.24) is 5.32 Å². The van der Waals surface area contributed by atoms with Crippen LogP contribution in [0.3, 0.4) is 0 Å². The SMILES string of the molecule is CCOC(=O)C1=C2NCC[C@]23c2ccccc2N(C(=O)OC(C)(C)C)[C@@H]3CC1. The molecule has 1 amide bonds. The Balaban J connectivity index is 1.84. The lowest BCUT2D eigenvalue weighted by molar-refractivity contribution is -0.138. The first-order valence-electron chi connectivity index (χ1n) is 10.1. The second kappa shape index (κ2) is 6.54. The minimum absolute atomic E-state index is 0.0667. The Labute approximate surface area is 165 Å². The van der Waals surface area contributed by atoms with E-state index in [9.17, 15) is 9.59 Å². The molecule has 2 aliphatic heterocycles. The second-order valence-electron chi connectivity index (χ2n) is 8.64. The maximum atomic E-state index is 13.2. The lowest BCUT2D eigenvalue weighted by Gasteiger charge is -2.40. The fraction of sp³-hybridized carbons (Fsp3) is 0.545. The molecule has 1 aliphatic carbocycles. The molecule has 1 aromatic rings. The molecule has 0 bridgehead atoms. The highest BCUT2D eigenvalue weighted by Gasteiger charge is 2.60. The maximum Gasteiger partial charge on any atom is 0.415 e. The lowest BCUT2D eigenvalue weighted by atomic mass is 9.67. The summed E-state index contributed by atoms with van der Waals surface area (Å²) in [4.78, 5) is 27.6. The molecule has 1 saturated heterocycles. The summed E-state index contributed by atoms with van der Waals surface area (Å²) < 4.78 is 11.1. The van der Waals surface area contributed by atoms with Crippen LogP contribution in [0.4, 0.5) is 10.5 Å². The van der Waals surface area contributed by atoms with E-state index in [2.05, 4.69) is 11.4 Å². The average Bonchev–Trinajstić information content (AvgIpc) is 3.18. The van der Waals surface area contributed by atoms with Crippen molar-refractivity contribution in [3.63, 3.8) is 0 Å². The number of ether oxygens (including phenoxy) is 2. The zero-order valence-corrected chi connectivity index (χ0v) is 17.0. The van der Waals surface area contributed by atoms with E-state index < -0.39 is 11.0 Å². The van der Waals surface area contributed by atoms with Gasteiger partial charge in [0.1, 0.15) is 5.60 Å². The van der Waals surface area contributed by atoms with Gasteiger partial charge in [0, 0.05) is 12.2 Å². The molecule has 4 rings (SSSR count). The van der Waals surface area contributed by atoms with Gasteiger partial charge in [-0.2, -0.15) is 0 Å². The van der Waals surface area contributed by atoms with Crippen LogP contribution in [0.5, 0.6) is 0 Å². The molecule has 6 nitrogen and oxygen atoms in total. The lowest BCUT2D eigenvalue weighted by Crippen LogP contribution is -2.51. The van der Waals surface area contributed by atoms with Gasteiger partial charge in [0.05, 0.1) is 29.3 Å². The third kappa shape index (κ3) is 2.69. The summed E-state index contributed by atoms with van der Waals surface area (Å²) >= 11 is 0. The van der Waals surface area contributed by atoms with Gasteiger partial charge in [-0.15, -0.1) is 0 Å². The number of carbonyl (C=O) groups excluding carboxylic acids is 2. The molecule has 28 heavy (non-hydrogen) atoms. The minimum Gasteiger partial charge on any atom is -0.463 e. The Morgan fingerprint density at radius 2 is 2.04 bits per heavy atom. The van der Waals surface area contributed by atoms with E-state index in [1.54, 1.807) is 0 Å². The van der Waals surface area contributed by atoms with Crippen molar-refractivity contribution in [3.05, 3.63) is 41.1 Å². The quantitative estimate of drug-likeness (QED) is 0.789. The standard InChI is InChI=1S/C22H28N2O4/c1-5-27-19(25)14-10-11-17-22(12-13-23-18(14)22)15-8-6-7-9-16(15)24(17)20(26)28-21(2,3)4/h6-9,17,23H,5,10-13H2,1-4H3/t17-,22-/m1/s1. The Kier molecular flexibility index (Phi) is 4.40. The number of nitrogens with one attached hydrogen (secondary N) is 1. The summed E-state index contributed by atoms with van der Waals surface area (Å²) in [5, 5.41) is 3.46. The fourth-order valence-corrected chi connectivity index (χ4v) is 5.02. The molecule has 0 unspecified atom stereocenters. The van der Waals surface area contributed by atoms with Crippen molar-refractivity contribution < 1.29 is 19.1 Å². The highest BCUT2D eigenvalue weighted by atomic mass is 16.6. The van der Waals surface area contributed by atoms with E-state index in [0.717, 1.165) is 35.5 Å². The molecule has 0 radical (unpaired) electrons. The molecular formula is C22H28N2O4. The van der Waals surface area contributed by atoms with Crippen LogP contribution < -0.4 is 10.2 Å². The van der Waals surface area contributed by atoms with Crippen LogP contribution in [0.15, 0.2) is 35.5 Å². The maximum absolute atomic E-state index is 13.2. The Hall–Kier alpha value is -2.50. The van der Waals surface area contributed by atoms with Crippen LogP contribution in [0, 0.1) is 0 Å². The van der Waals surface area contributed by atoms with Crippen molar-refractivity contribution in [2.24, 2.45) is 0 Å². The molecule has 6 heteroatoms. The van der Waals surface area contributed by atoms with Gasteiger partial charge in [-0.1, -0.05) is 18.2 Å². The van der Waals surface area contributed by atoms with Crippen molar-refractivity contribution in [2.75, 3.05) is 18.1 Å². The van der Waals surface area contributed by atoms with Crippen LogP contribution in [0.2, 0.25) is 0 Å². The van der Waals surface area contributed by atoms with Gasteiger partial charge in [-0.05, 0) is 58.6 Å². The molecule has 2 atom stereocenters. The number of hydrogen-bond donors (Lipinski definition) is 1. The smallest absolute Gasteiger partial charge is 0.415 e. The number of carbonyl (C=O) groups is 2. The first kappa shape index (κ1) is 18.8. The highest BCUT2D eigenvalue weighted by molar-refractivity contribution is 5.96. The summed E-state index contributed by atoms with van der Waals surface area (Å²) in [6.07, 6.45) is 1.80. The van der Waals surface area contributed by atoms with E-state index in [4.69, 9.17) is 9.47 Å².